The Hall–Kier alpha value is -1.35. The van der Waals surface area contributed by atoms with Crippen molar-refractivity contribution in [2.24, 2.45) is 11.3 Å². The predicted molar refractivity (Wildman–Crippen MR) is 96.9 cm³/mol. The second-order valence-corrected chi connectivity index (χ2v) is 7.39. The van der Waals surface area contributed by atoms with E-state index in [1.807, 2.05) is 6.07 Å². The fourth-order valence-electron chi connectivity index (χ4n) is 3.56. The van der Waals surface area contributed by atoms with E-state index in [4.69, 9.17) is 9.47 Å². The summed E-state index contributed by atoms with van der Waals surface area (Å²) in [7, 11) is 0. The zero-order valence-corrected chi connectivity index (χ0v) is 15.4. The Labute approximate surface area is 146 Å². The molecule has 3 heteroatoms. The van der Waals surface area contributed by atoms with Gasteiger partial charge in [-0.2, -0.15) is 0 Å². The van der Waals surface area contributed by atoms with Crippen molar-refractivity contribution in [3.05, 3.63) is 35.9 Å². The van der Waals surface area contributed by atoms with Gasteiger partial charge in [-0.1, -0.05) is 51.1 Å². The van der Waals surface area contributed by atoms with Crippen molar-refractivity contribution in [1.29, 1.82) is 0 Å². The second kappa shape index (κ2) is 9.22. The largest absolute Gasteiger partial charge is 0.465 e. The maximum Gasteiger partial charge on any atom is 0.314 e. The SMILES string of the molecule is CCCOC1CCCC1(CCc1ccccc1)C(=O)OCC(C)C. The molecule has 1 aromatic rings. The summed E-state index contributed by atoms with van der Waals surface area (Å²) in [4.78, 5) is 13.0. The quantitative estimate of drug-likeness (QED) is 0.610. The second-order valence-electron chi connectivity index (χ2n) is 7.39. The highest BCUT2D eigenvalue weighted by atomic mass is 16.5. The van der Waals surface area contributed by atoms with Crippen LogP contribution in [0.1, 0.15) is 58.4 Å². The van der Waals surface area contributed by atoms with Gasteiger partial charge >= 0.3 is 5.97 Å². The molecule has 1 aliphatic rings. The van der Waals surface area contributed by atoms with Crippen LogP contribution in [0.2, 0.25) is 0 Å². The van der Waals surface area contributed by atoms with Crippen LogP contribution in [0.4, 0.5) is 0 Å². The fraction of sp³-hybridized carbons (Fsp3) is 0.667. The van der Waals surface area contributed by atoms with E-state index in [1.165, 1.54) is 5.56 Å². The molecule has 2 unspecified atom stereocenters. The van der Waals surface area contributed by atoms with Gasteiger partial charge in [0.1, 0.15) is 0 Å². The van der Waals surface area contributed by atoms with E-state index in [2.05, 4.69) is 45.0 Å². The number of aryl methyl sites for hydroxylation is 1. The maximum absolute atomic E-state index is 13.0. The van der Waals surface area contributed by atoms with Crippen LogP contribution in [0.5, 0.6) is 0 Å². The van der Waals surface area contributed by atoms with Crippen molar-refractivity contribution in [2.45, 2.75) is 65.4 Å². The lowest BCUT2D eigenvalue weighted by atomic mass is 9.78. The zero-order valence-electron chi connectivity index (χ0n) is 15.4. The first-order valence-corrected chi connectivity index (χ1v) is 9.41. The molecule has 1 fully saturated rings. The minimum Gasteiger partial charge on any atom is -0.465 e. The zero-order chi connectivity index (χ0) is 17.4. The lowest BCUT2D eigenvalue weighted by Crippen LogP contribution is -2.42. The van der Waals surface area contributed by atoms with E-state index in [1.54, 1.807) is 0 Å². The predicted octanol–water partition coefficient (Wildman–Crippen LogP) is 4.78. The molecule has 24 heavy (non-hydrogen) atoms. The van der Waals surface area contributed by atoms with Crippen molar-refractivity contribution in [1.82, 2.24) is 0 Å². The summed E-state index contributed by atoms with van der Waals surface area (Å²) in [5, 5.41) is 0. The number of esters is 1. The molecule has 2 atom stereocenters. The molecule has 0 aromatic heterocycles. The molecule has 0 N–H and O–H groups in total. The number of hydrogen-bond donors (Lipinski definition) is 0. The molecule has 2 rings (SSSR count). The molecule has 1 saturated carbocycles. The van der Waals surface area contributed by atoms with Gasteiger partial charge < -0.3 is 9.47 Å². The highest BCUT2D eigenvalue weighted by Crippen LogP contribution is 2.45. The Bertz CT molecular complexity index is 497. The summed E-state index contributed by atoms with van der Waals surface area (Å²) in [6.07, 6.45) is 5.57. The highest BCUT2D eigenvalue weighted by molar-refractivity contribution is 5.78. The van der Waals surface area contributed by atoms with Gasteiger partial charge in [0.2, 0.25) is 0 Å². The first kappa shape index (κ1) is 19.0. The summed E-state index contributed by atoms with van der Waals surface area (Å²) >= 11 is 0. The van der Waals surface area contributed by atoms with E-state index >= 15 is 0 Å². The van der Waals surface area contributed by atoms with Crippen LogP contribution in [0.25, 0.3) is 0 Å². The Morgan fingerprint density at radius 1 is 1.29 bits per heavy atom. The highest BCUT2D eigenvalue weighted by Gasteiger charge is 2.50. The van der Waals surface area contributed by atoms with Crippen molar-refractivity contribution in [3.8, 4) is 0 Å². The third-order valence-electron chi connectivity index (χ3n) is 4.89. The standard InChI is InChI=1S/C21H32O3/c1-4-15-23-19-11-8-13-21(19,20(22)24-16-17(2)3)14-12-18-9-6-5-7-10-18/h5-7,9-10,17,19H,4,8,11-16H2,1-3H3. The Kier molecular flexibility index (Phi) is 7.29. The fourth-order valence-corrected chi connectivity index (χ4v) is 3.56. The third-order valence-corrected chi connectivity index (χ3v) is 4.89. The molecule has 0 radical (unpaired) electrons. The summed E-state index contributed by atoms with van der Waals surface area (Å²) in [6, 6.07) is 10.4. The molecule has 134 valence electrons. The molecule has 0 amide bonds. The lowest BCUT2D eigenvalue weighted by molar-refractivity contribution is -0.166. The van der Waals surface area contributed by atoms with Crippen LogP contribution in [0, 0.1) is 11.3 Å². The van der Waals surface area contributed by atoms with Crippen molar-refractivity contribution in [3.63, 3.8) is 0 Å². The van der Waals surface area contributed by atoms with Crippen molar-refractivity contribution in [2.75, 3.05) is 13.2 Å². The number of carbonyl (C=O) groups excluding carboxylic acids is 1. The minimum atomic E-state index is -0.472. The molecule has 0 heterocycles. The Balaban J connectivity index is 2.11. The van der Waals surface area contributed by atoms with Gasteiger partial charge in [0, 0.05) is 6.61 Å². The van der Waals surface area contributed by atoms with Crippen LogP contribution < -0.4 is 0 Å². The molecular formula is C21H32O3. The van der Waals surface area contributed by atoms with Gasteiger partial charge in [0.05, 0.1) is 18.1 Å². The van der Waals surface area contributed by atoms with Crippen LogP contribution >= 0.6 is 0 Å². The van der Waals surface area contributed by atoms with Gasteiger partial charge in [-0.25, -0.2) is 0 Å². The molecule has 1 aromatic carbocycles. The van der Waals surface area contributed by atoms with Crippen LogP contribution in [-0.4, -0.2) is 25.3 Å². The molecule has 0 saturated heterocycles. The third kappa shape index (κ3) is 4.83. The normalized spacial score (nSPS) is 23.6. The first-order valence-electron chi connectivity index (χ1n) is 9.41. The van der Waals surface area contributed by atoms with Crippen molar-refractivity contribution >= 4 is 5.97 Å². The van der Waals surface area contributed by atoms with Gasteiger partial charge in [0.25, 0.3) is 0 Å². The van der Waals surface area contributed by atoms with Crippen molar-refractivity contribution < 1.29 is 14.3 Å². The minimum absolute atomic E-state index is 0.000763. The summed E-state index contributed by atoms with van der Waals surface area (Å²) in [6.45, 7) is 7.46. The molecule has 0 spiro atoms. The topological polar surface area (TPSA) is 35.5 Å². The molecule has 3 nitrogen and oxygen atoms in total. The van der Waals surface area contributed by atoms with Gasteiger partial charge in [-0.05, 0) is 50.0 Å². The number of rotatable bonds is 9. The van der Waals surface area contributed by atoms with Crippen LogP contribution in [-0.2, 0) is 20.7 Å². The summed E-state index contributed by atoms with van der Waals surface area (Å²) in [5.74, 6) is 0.308. The van der Waals surface area contributed by atoms with Gasteiger partial charge in [-0.3, -0.25) is 4.79 Å². The van der Waals surface area contributed by atoms with Crippen LogP contribution in [0.15, 0.2) is 30.3 Å². The van der Waals surface area contributed by atoms with E-state index in [9.17, 15) is 4.79 Å². The van der Waals surface area contributed by atoms with E-state index < -0.39 is 5.41 Å². The maximum atomic E-state index is 13.0. The Morgan fingerprint density at radius 3 is 2.71 bits per heavy atom. The number of hydrogen-bond acceptors (Lipinski definition) is 3. The molecular weight excluding hydrogens is 300 g/mol. The monoisotopic (exact) mass is 332 g/mol. The number of ether oxygens (including phenoxy) is 2. The van der Waals surface area contributed by atoms with E-state index in [0.29, 0.717) is 12.5 Å². The number of carbonyl (C=O) groups is 1. The number of benzene rings is 1. The van der Waals surface area contributed by atoms with Gasteiger partial charge in [-0.15, -0.1) is 0 Å². The smallest absolute Gasteiger partial charge is 0.314 e. The summed E-state index contributed by atoms with van der Waals surface area (Å²) in [5.41, 5.74) is 0.801. The van der Waals surface area contributed by atoms with E-state index in [0.717, 1.165) is 45.1 Å². The van der Waals surface area contributed by atoms with E-state index in [-0.39, 0.29) is 12.1 Å². The molecule has 0 bridgehead atoms. The van der Waals surface area contributed by atoms with Gasteiger partial charge in [0.15, 0.2) is 0 Å². The molecule has 1 aliphatic carbocycles. The average Bonchev–Trinajstić information content (AvgIpc) is 3.01. The summed E-state index contributed by atoms with van der Waals surface area (Å²) < 4.78 is 11.8. The molecule has 0 aliphatic heterocycles. The lowest BCUT2D eigenvalue weighted by Gasteiger charge is -2.33. The Morgan fingerprint density at radius 2 is 2.04 bits per heavy atom. The average molecular weight is 332 g/mol. The first-order chi connectivity index (χ1) is 11.6. The van der Waals surface area contributed by atoms with Crippen LogP contribution in [0.3, 0.4) is 0 Å².